The van der Waals surface area contributed by atoms with Gasteiger partial charge in [-0.05, 0) is 23.5 Å². The van der Waals surface area contributed by atoms with E-state index in [9.17, 15) is 5.11 Å². The fourth-order valence-electron chi connectivity index (χ4n) is 2.40. The Kier molecular flexibility index (Phi) is 4.15. The average Bonchev–Trinajstić information content (AvgIpc) is 2.35. The summed E-state index contributed by atoms with van der Waals surface area (Å²) in [4.78, 5) is 2.41. The zero-order valence-electron chi connectivity index (χ0n) is 10.5. The molecule has 0 amide bonds. The second-order valence-corrected chi connectivity index (χ2v) is 5.09. The number of benzene rings is 1. The van der Waals surface area contributed by atoms with Gasteiger partial charge in [0.2, 0.25) is 0 Å². The van der Waals surface area contributed by atoms with Crippen LogP contribution in [0.25, 0.3) is 0 Å². The van der Waals surface area contributed by atoms with Crippen molar-refractivity contribution in [3.8, 4) is 0 Å². The van der Waals surface area contributed by atoms with Gasteiger partial charge >= 0.3 is 0 Å². The van der Waals surface area contributed by atoms with Gasteiger partial charge in [0, 0.05) is 26.2 Å². The maximum atomic E-state index is 9.69. The van der Waals surface area contributed by atoms with Crippen LogP contribution in [-0.4, -0.2) is 29.2 Å². The van der Waals surface area contributed by atoms with E-state index in [1.165, 1.54) is 11.1 Å². The highest BCUT2D eigenvalue weighted by molar-refractivity contribution is 5.22. The monoisotopic (exact) mass is 234 g/mol. The molecule has 1 aromatic carbocycles. The predicted octanol–water partition coefficient (Wildman–Crippen LogP) is 1.35. The molecular weight excluding hydrogens is 212 g/mol. The van der Waals surface area contributed by atoms with Crippen molar-refractivity contribution < 1.29 is 5.11 Å². The van der Waals surface area contributed by atoms with Crippen molar-refractivity contribution in [1.29, 1.82) is 0 Å². The third-order valence-electron chi connectivity index (χ3n) is 3.61. The zero-order valence-corrected chi connectivity index (χ0v) is 10.5. The minimum atomic E-state index is -0.120. The summed E-state index contributed by atoms with van der Waals surface area (Å²) in [6.45, 7) is 5.67. The standard InChI is InChI=1S/C14H22N2O/c1-11-9-16(7-6-14(11)17)10-13-4-2-12(8-15)3-5-13/h2-5,11,14,17H,6-10,15H2,1H3. The van der Waals surface area contributed by atoms with Gasteiger partial charge in [0.15, 0.2) is 0 Å². The molecule has 1 aromatic rings. The first-order valence-corrected chi connectivity index (χ1v) is 6.37. The minimum Gasteiger partial charge on any atom is -0.393 e. The Balaban J connectivity index is 1.92. The lowest BCUT2D eigenvalue weighted by Crippen LogP contribution is -2.41. The number of aliphatic hydroxyl groups is 1. The van der Waals surface area contributed by atoms with Gasteiger partial charge in [0.1, 0.15) is 0 Å². The molecule has 2 unspecified atom stereocenters. The van der Waals surface area contributed by atoms with Crippen molar-refractivity contribution in [2.45, 2.75) is 32.5 Å². The van der Waals surface area contributed by atoms with Crippen molar-refractivity contribution in [2.75, 3.05) is 13.1 Å². The smallest absolute Gasteiger partial charge is 0.0590 e. The van der Waals surface area contributed by atoms with Crippen molar-refractivity contribution >= 4 is 0 Å². The summed E-state index contributed by atoms with van der Waals surface area (Å²) in [6, 6.07) is 8.49. The molecule has 0 saturated carbocycles. The van der Waals surface area contributed by atoms with Gasteiger partial charge in [-0.2, -0.15) is 0 Å². The number of nitrogens with zero attached hydrogens (tertiary/aromatic N) is 1. The van der Waals surface area contributed by atoms with E-state index in [2.05, 4.69) is 36.1 Å². The van der Waals surface area contributed by atoms with Crippen LogP contribution in [0.5, 0.6) is 0 Å². The zero-order chi connectivity index (χ0) is 12.3. The highest BCUT2D eigenvalue weighted by atomic mass is 16.3. The Bertz CT molecular complexity index is 350. The van der Waals surface area contributed by atoms with Gasteiger partial charge in [-0.3, -0.25) is 4.90 Å². The van der Waals surface area contributed by atoms with Gasteiger partial charge in [0.05, 0.1) is 6.10 Å². The van der Waals surface area contributed by atoms with E-state index in [1.54, 1.807) is 0 Å². The van der Waals surface area contributed by atoms with E-state index in [1.807, 2.05) is 0 Å². The molecule has 1 fully saturated rings. The van der Waals surface area contributed by atoms with E-state index in [-0.39, 0.29) is 6.10 Å². The van der Waals surface area contributed by atoms with Crippen molar-refractivity contribution in [2.24, 2.45) is 11.7 Å². The molecule has 0 aliphatic carbocycles. The van der Waals surface area contributed by atoms with Crippen LogP contribution in [0.1, 0.15) is 24.5 Å². The van der Waals surface area contributed by atoms with E-state index in [4.69, 9.17) is 5.73 Å². The summed E-state index contributed by atoms with van der Waals surface area (Å²) >= 11 is 0. The largest absolute Gasteiger partial charge is 0.393 e. The Morgan fingerprint density at radius 2 is 1.94 bits per heavy atom. The summed E-state index contributed by atoms with van der Waals surface area (Å²) < 4.78 is 0. The van der Waals surface area contributed by atoms with E-state index in [0.717, 1.165) is 26.1 Å². The molecule has 0 bridgehead atoms. The van der Waals surface area contributed by atoms with E-state index in [0.29, 0.717) is 12.5 Å². The molecule has 3 nitrogen and oxygen atoms in total. The summed E-state index contributed by atoms with van der Waals surface area (Å²) in [7, 11) is 0. The Morgan fingerprint density at radius 1 is 1.29 bits per heavy atom. The number of hydrogen-bond donors (Lipinski definition) is 2. The van der Waals surface area contributed by atoms with Crippen molar-refractivity contribution in [3.05, 3.63) is 35.4 Å². The molecule has 1 heterocycles. The molecule has 3 heteroatoms. The number of likely N-dealkylation sites (tertiary alicyclic amines) is 1. The third kappa shape index (κ3) is 3.28. The van der Waals surface area contributed by atoms with Gasteiger partial charge < -0.3 is 10.8 Å². The van der Waals surface area contributed by atoms with E-state index >= 15 is 0 Å². The molecule has 3 N–H and O–H groups in total. The maximum Gasteiger partial charge on any atom is 0.0590 e. The van der Waals surface area contributed by atoms with Crippen LogP contribution in [0.2, 0.25) is 0 Å². The van der Waals surface area contributed by atoms with E-state index < -0.39 is 0 Å². The molecule has 94 valence electrons. The number of hydrogen-bond acceptors (Lipinski definition) is 3. The number of rotatable bonds is 3. The Labute approximate surface area is 103 Å². The highest BCUT2D eigenvalue weighted by Crippen LogP contribution is 2.18. The first kappa shape index (κ1) is 12.6. The van der Waals surface area contributed by atoms with Crippen LogP contribution in [0.4, 0.5) is 0 Å². The molecular formula is C14H22N2O. The van der Waals surface area contributed by atoms with Gasteiger partial charge in [-0.15, -0.1) is 0 Å². The lowest BCUT2D eigenvalue weighted by molar-refractivity contribution is 0.0320. The molecule has 1 aliphatic heterocycles. The summed E-state index contributed by atoms with van der Waals surface area (Å²) in [6.07, 6.45) is 0.771. The number of nitrogens with two attached hydrogens (primary N) is 1. The highest BCUT2D eigenvalue weighted by Gasteiger charge is 2.23. The predicted molar refractivity (Wildman–Crippen MR) is 69.4 cm³/mol. The third-order valence-corrected chi connectivity index (χ3v) is 3.61. The van der Waals surface area contributed by atoms with Gasteiger partial charge in [-0.1, -0.05) is 31.2 Å². The molecule has 2 rings (SSSR count). The topological polar surface area (TPSA) is 49.5 Å². The maximum absolute atomic E-state index is 9.69. The summed E-state index contributed by atoms with van der Waals surface area (Å²) in [5.41, 5.74) is 8.08. The average molecular weight is 234 g/mol. The van der Waals surface area contributed by atoms with Crippen LogP contribution in [0, 0.1) is 5.92 Å². The minimum absolute atomic E-state index is 0.120. The molecule has 0 aromatic heterocycles. The molecule has 17 heavy (non-hydrogen) atoms. The first-order chi connectivity index (χ1) is 8.19. The second kappa shape index (κ2) is 5.63. The Morgan fingerprint density at radius 3 is 2.53 bits per heavy atom. The number of aliphatic hydroxyl groups excluding tert-OH is 1. The normalized spacial score (nSPS) is 26.1. The first-order valence-electron chi connectivity index (χ1n) is 6.37. The fourth-order valence-corrected chi connectivity index (χ4v) is 2.40. The van der Waals surface area contributed by atoms with Crippen molar-refractivity contribution in [3.63, 3.8) is 0 Å². The van der Waals surface area contributed by atoms with Crippen LogP contribution in [0.15, 0.2) is 24.3 Å². The fraction of sp³-hybridized carbons (Fsp3) is 0.571. The quantitative estimate of drug-likeness (QED) is 0.830. The molecule has 1 saturated heterocycles. The van der Waals surface area contributed by atoms with Gasteiger partial charge in [-0.25, -0.2) is 0 Å². The molecule has 2 atom stereocenters. The van der Waals surface area contributed by atoms with Crippen LogP contribution in [-0.2, 0) is 13.1 Å². The lowest BCUT2D eigenvalue weighted by atomic mass is 9.96. The summed E-state index contributed by atoms with van der Waals surface area (Å²) in [5, 5.41) is 9.69. The Hall–Kier alpha value is -0.900. The second-order valence-electron chi connectivity index (χ2n) is 5.09. The molecule has 1 aliphatic rings. The number of piperidine rings is 1. The molecule has 0 radical (unpaired) electrons. The molecule has 0 spiro atoms. The lowest BCUT2D eigenvalue weighted by Gasteiger charge is -2.34. The van der Waals surface area contributed by atoms with Gasteiger partial charge in [0.25, 0.3) is 0 Å². The van der Waals surface area contributed by atoms with Crippen molar-refractivity contribution in [1.82, 2.24) is 4.90 Å². The van der Waals surface area contributed by atoms with Crippen LogP contribution < -0.4 is 5.73 Å². The van der Waals surface area contributed by atoms with Crippen LogP contribution >= 0.6 is 0 Å². The summed E-state index contributed by atoms with van der Waals surface area (Å²) in [5.74, 6) is 0.382. The SMILES string of the molecule is CC1CN(Cc2ccc(CN)cc2)CCC1O. The van der Waals surface area contributed by atoms with Crippen LogP contribution in [0.3, 0.4) is 0 Å².